The van der Waals surface area contributed by atoms with E-state index < -0.39 is 23.9 Å². The summed E-state index contributed by atoms with van der Waals surface area (Å²) in [6, 6.07) is 4.42. The van der Waals surface area contributed by atoms with Crippen LogP contribution in [0.4, 0.5) is 4.39 Å². The molecule has 0 radical (unpaired) electrons. The van der Waals surface area contributed by atoms with Crippen LogP contribution in [0.3, 0.4) is 0 Å². The molecule has 21 heavy (non-hydrogen) atoms. The fourth-order valence-electron chi connectivity index (χ4n) is 1.70. The number of amides is 1. The summed E-state index contributed by atoms with van der Waals surface area (Å²) in [6.07, 6.45) is -0.123. The molecule has 0 aliphatic rings. The van der Waals surface area contributed by atoms with Crippen LogP contribution in [-0.4, -0.2) is 34.1 Å². The molecule has 6 nitrogen and oxygen atoms in total. The number of carbonyl (C=O) groups excluding carboxylic acids is 1. The molecular formula is C14H16FNO5. The summed E-state index contributed by atoms with van der Waals surface area (Å²) < 4.78 is 12.7. The molecular weight excluding hydrogens is 281 g/mol. The van der Waals surface area contributed by atoms with Crippen LogP contribution >= 0.6 is 0 Å². The van der Waals surface area contributed by atoms with E-state index in [4.69, 9.17) is 10.2 Å². The van der Waals surface area contributed by atoms with Crippen LogP contribution in [-0.2, 0) is 20.8 Å². The number of carbonyl (C=O) groups is 3. The van der Waals surface area contributed by atoms with Gasteiger partial charge in [0.2, 0.25) is 5.91 Å². The average molecular weight is 297 g/mol. The van der Waals surface area contributed by atoms with Crippen molar-refractivity contribution in [1.82, 2.24) is 5.32 Å². The van der Waals surface area contributed by atoms with Crippen molar-refractivity contribution >= 4 is 17.8 Å². The molecule has 0 aromatic heterocycles. The summed E-state index contributed by atoms with van der Waals surface area (Å²) in [5.74, 6) is -3.26. The molecule has 114 valence electrons. The predicted octanol–water partition coefficient (Wildman–Crippen LogP) is 1.19. The van der Waals surface area contributed by atoms with Crippen molar-refractivity contribution in [3.8, 4) is 0 Å². The van der Waals surface area contributed by atoms with Gasteiger partial charge in [0.05, 0.1) is 0 Å². The quantitative estimate of drug-likeness (QED) is 0.668. The third-order valence-electron chi connectivity index (χ3n) is 2.83. The number of rotatable bonds is 8. The Morgan fingerprint density at radius 1 is 1.10 bits per heavy atom. The summed E-state index contributed by atoms with van der Waals surface area (Å²) in [5.41, 5.74) is 0.754. The Morgan fingerprint density at radius 3 is 2.24 bits per heavy atom. The van der Waals surface area contributed by atoms with E-state index in [1.165, 1.54) is 12.1 Å². The highest BCUT2D eigenvalue weighted by molar-refractivity contribution is 5.84. The molecule has 1 amide bonds. The number of carboxylic acid groups (broad SMARTS) is 2. The van der Waals surface area contributed by atoms with Crippen LogP contribution in [0.15, 0.2) is 24.3 Å². The van der Waals surface area contributed by atoms with E-state index in [1.54, 1.807) is 12.1 Å². The Morgan fingerprint density at radius 2 is 1.71 bits per heavy atom. The lowest BCUT2D eigenvalue weighted by Gasteiger charge is -2.13. The molecule has 0 spiro atoms. The molecule has 1 aromatic carbocycles. The number of carboxylic acids is 2. The molecule has 0 bridgehead atoms. The Hall–Kier alpha value is -2.44. The Kier molecular flexibility index (Phi) is 6.32. The number of aliphatic carboxylic acids is 2. The zero-order chi connectivity index (χ0) is 15.8. The smallest absolute Gasteiger partial charge is 0.326 e. The molecule has 7 heteroatoms. The molecule has 0 fully saturated rings. The number of aryl methyl sites for hydroxylation is 1. The fraction of sp³-hybridized carbons (Fsp3) is 0.357. The first-order valence-corrected chi connectivity index (χ1v) is 6.37. The second kappa shape index (κ2) is 7.98. The summed E-state index contributed by atoms with van der Waals surface area (Å²) in [5, 5.41) is 19.7. The van der Waals surface area contributed by atoms with Gasteiger partial charge < -0.3 is 15.5 Å². The van der Waals surface area contributed by atoms with Gasteiger partial charge in [0.1, 0.15) is 11.9 Å². The van der Waals surface area contributed by atoms with Gasteiger partial charge >= 0.3 is 11.9 Å². The van der Waals surface area contributed by atoms with E-state index in [0.717, 1.165) is 5.56 Å². The Bertz CT molecular complexity index is 515. The molecule has 1 atom stereocenters. The maximum Gasteiger partial charge on any atom is 0.326 e. The first-order chi connectivity index (χ1) is 9.88. The van der Waals surface area contributed by atoms with Gasteiger partial charge in [-0.15, -0.1) is 0 Å². The largest absolute Gasteiger partial charge is 0.481 e. The number of hydrogen-bond donors (Lipinski definition) is 3. The van der Waals surface area contributed by atoms with Gasteiger partial charge in [-0.2, -0.15) is 0 Å². The molecule has 1 rings (SSSR count). The van der Waals surface area contributed by atoms with Gasteiger partial charge in [-0.1, -0.05) is 12.1 Å². The Labute approximate surface area is 120 Å². The van der Waals surface area contributed by atoms with Crippen molar-refractivity contribution in [1.29, 1.82) is 0 Å². The second-order valence-electron chi connectivity index (χ2n) is 4.52. The van der Waals surface area contributed by atoms with Crippen LogP contribution in [0.5, 0.6) is 0 Å². The van der Waals surface area contributed by atoms with Crippen LogP contribution in [0.2, 0.25) is 0 Å². The summed E-state index contributed by atoms with van der Waals surface area (Å²) >= 11 is 0. The minimum absolute atomic E-state index is 0.0441. The van der Waals surface area contributed by atoms with E-state index in [-0.39, 0.29) is 25.1 Å². The van der Waals surface area contributed by atoms with Crippen molar-refractivity contribution in [3.05, 3.63) is 35.6 Å². The standard InChI is InChI=1S/C14H16FNO5/c15-10-4-1-9(2-5-10)3-7-12(17)16-11(14(20)21)6-8-13(18)19/h1-2,4-5,11H,3,6-8H2,(H,16,17)(H,18,19)(H,20,21)/t11-/m0/s1. The molecule has 0 aliphatic carbocycles. The highest BCUT2D eigenvalue weighted by Crippen LogP contribution is 2.06. The first-order valence-electron chi connectivity index (χ1n) is 6.37. The van der Waals surface area contributed by atoms with E-state index in [2.05, 4.69) is 5.32 Å². The van der Waals surface area contributed by atoms with Crippen molar-refractivity contribution in [2.75, 3.05) is 0 Å². The van der Waals surface area contributed by atoms with Crippen molar-refractivity contribution in [2.45, 2.75) is 31.7 Å². The maximum absolute atomic E-state index is 12.7. The number of hydrogen-bond acceptors (Lipinski definition) is 3. The molecule has 0 unspecified atom stereocenters. The average Bonchev–Trinajstić information content (AvgIpc) is 2.42. The minimum atomic E-state index is -1.27. The molecule has 1 aromatic rings. The SMILES string of the molecule is O=C(O)CC[C@H](NC(=O)CCc1ccc(F)cc1)C(=O)O. The van der Waals surface area contributed by atoms with Gasteiger partial charge in [0.15, 0.2) is 0 Å². The molecule has 0 heterocycles. The lowest BCUT2D eigenvalue weighted by Crippen LogP contribution is -2.41. The van der Waals surface area contributed by atoms with E-state index in [9.17, 15) is 18.8 Å². The topological polar surface area (TPSA) is 104 Å². The third kappa shape index (κ3) is 6.51. The zero-order valence-electron chi connectivity index (χ0n) is 11.2. The van der Waals surface area contributed by atoms with Gasteiger partial charge in [0.25, 0.3) is 0 Å². The lowest BCUT2D eigenvalue weighted by molar-refractivity contribution is -0.143. The maximum atomic E-state index is 12.7. The van der Waals surface area contributed by atoms with Crippen molar-refractivity contribution in [2.24, 2.45) is 0 Å². The number of halogens is 1. The van der Waals surface area contributed by atoms with Gasteiger partial charge in [-0.25, -0.2) is 9.18 Å². The van der Waals surface area contributed by atoms with Crippen molar-refractivity contribution < 1.29 is 29.0 Å². The zero-order valence-corrected chi connectivity index (χ0v) is 11.2. The van der Waals surface area contributed by atoms with Gasteiger partial charge in [-0.3, -0.25) is 9.59 Å². The van der Waals surface area contributed by atoms with Crippen LogP contribution in [0.25, 0.3) is 0 Å². The van der Waals surface area contributed by atoms with Gasteiger partial charge in [-0.05, 0) is 30.5 Å². The monoisotopic (exact) mass is 297 g/mol. The van der Waals surface area contributed by atoms with E-state index in [1.807, 2.05) is 0 Å². The molecule has 0 saturated heterocycles. The normalized spacial score (nSPS) is 11.7. The predicted molar refractivity (Wildman–Crippen MR) is 71.2 cm³/mol. The van der Waals surface area contributed by atoms with Gasteiger partial charge in [0, 0.05) is 12.8 Å². The van der Waals surface area contributed by atoms with Crippen LogP contribution < -0.4 is 5.32 Å². The number of benzene rings is 1. The summed E-state index contributed by atoms with van der Waals surface area (Å²) in [6.45, 7) is 0. The Balaban J connectivity index is 2.44. The second-order valence-corrected chi connectivity index (χ2v) is 4.52. The molecule has 3 N–H and O–H groups in total. The first kappa shape index (κ1) is 16.6. The fourth-order valence-corrected chi connectivity index (χ4v) is 1.70. The highest BCUT2D eigenvalue weighted by Gasteiger charge is 2.20. The molecule has 0 saturated carbocycles. The lowest BCUT2D eigenvalue weighted by atomic mass is 10.1. The molecule has 0 aliphatic heterocycles. The van der Waals surface area contributed by atoms with Crippen LogP contribution in [0.1, 0.15) is 24.8 Å². The summed E-state index contributed by atoms with van der Waals surface area (Å²) in [4.78, 5) is 33.0. The number of nitrogens with one attached hydrogen (secondary N) is 1. The third-order valence-corrected chi connectivity index (χ3v) is 2.83. The highest BCUT2D eigenvalue weighted by atomic mass is 19.1. The van der Waals surface area contributed by atoms with Crippen molar-refractivity contribution in [3.63, 3.8) is 0 Å². The van der Waals surface area contributed by atoms with E-state index in [0.29, 0.717) is 6.42 Å². The van der Waals surface area contributed by atoms with E-state index >= 15 is 0 Å². The minimum Gasteiger partial charge on any atom is -0.481 e. The van der Waals surface area contributed by atoms with Crippen LogP contribution in [0, 0.1) is 5.82 Å². The summed E-state index contributed by atoms with van der Waals surface area (Å²) in [7, 11) is 0.